The quantitative estimate of drug-likeness (QED) is 0.402. The van der Waals surface area contributed by atoms with Crippen LogP contribution in [-0.2, 0) is 23.7 Å². The van der Waals surface area contributed by atoms with Crippen LogP contribution in [0.4, 0.5) is 0 Å². The van der Waals surface area contributed by atoms with E-state index < -0.39 is 58.8 Å². The third kappa shape index (κ3) is 3.08. The second kappa shape index (κ2) is 9.19. The van der Waals surface area contributed by atoms with E-state index in [-0.39, 0.29) is 35.8 Å². The number of esters is 1. The van der Waals surface area contributed by atoms with Gasteiger partial charge in [0, 0.05) is 69.6 Å². The zero-order chi connectivity index (χ0) is 29.1. The van der Waals surface area contributed by atoms with Crippen molar-refractivity contribution in [1.82, 2.24) is 4.90 Å². The van der Waals surface area contributed by atoms with Crippen LogP contribution < -0.4 is 0 Å². The molecule has 10 heteroatoms. The molecule has 5 saturated carbocycles. The molecule has 5 aliphatic carbocycles. The van der Waals surface area contributed by atoms with Gasteiger partial charge in [0.25, 0.3) is 0 Å². The maximum Gasteiger partial charge on any atom is 0.338 e. The van der Waals surface area contributed by atoms with Crippen molar-refractivity contribution in [3.63, 3.8) is 0 Å². The molecule has 7 bridgehead atoms. The molecule has 1 saturated heterocycles. The minimum Gasteiger partial charge on any atom is -0.455 e. The van der Waals surface area contributed by atoms with Crippen LogP contribution >= 0.6 is 0 Å². The first-order chi connectivity index (χ1) is 19.6. The lowest BCUT2D eigenvalue weighted by Gasteiger charge is -2.69. The topological polar surface area (TPSA) is 127 Å². The summed E-state index contributed by atoms with van der Waals surface area (Å²) in [5.74, 6) is -2.30. The van der Waals surface area contributed by atoms with E-state index in [0.717, 1.165) is 19.4 Å². The monoisotopic (exact) mass is 573 g/mol. The van der Waals surface area contributed by atoms with Crippen LogP contribution in [-0.4, -0.2) is 123 Å². The van der Waals surface area contributed by atoms with Gasteiger partial charge in [0.2, 0.25) is 0 Å². The molecule has 1 aromatic rings. The zero-order valence-corrected chi connectivity index (χ0v) is 24.4. The Morgan fingerprint density at radius 2 is 1.76 bits per heavy atom. The number of aliphatic hydroxyl groups is 3. The van der Waals surface area contributed by atoms with Gasteiger partial charge < -0.3 is 43.9 Å². The van der Waals surface area contributed by atoms with Crippen molar-refractivity contribution >= 4 is 5.97 Å². The van der Waals surface area contributed by atoms with Crippen molar-refractivity contribution in [2.45, 2.75) is 67.0 Å². The van der Waals surface area contributed by atoms with Gasteiger partial charge in [-0.25, -0.2) is 4.79 Å². The van der Waals surface area contributed by atoms with Gasteiger partial charge in [0.1, 0.15) is 29.5 Å². The molecule has 7 rings (SSSR count). The van der Waals surface area contributed by atoms with Gasteiger partial charge in [-0.1, -0.05) is 18.2 Å². The van der Waals surface area contributed by atoms with Gasteiger partial charge in [0.15, 0.2) is 0 Å². The van der Waals surface area contributed by atoms with Crippen LogP contribution in [0, 0.1) is 34.5 Å². The standard InChI is InChI=1S/C31H43NO9/c1-32-14-28(15-37-2)12-11-18(38-3)30-17-13-29(35)25(41-27(34)16-9-7-6-8-10-16)19(17)31(36,24(33)26(29)40-5)20(23(30)32)21(39-4)22(28)30/h6-10,17-26,33,35-36H,11-15H2,1-5H3/t17-,18+,19-,20+,21+,22-,23-,24+,25-,26+,28+,29-,30+,31-/m1/s1. The second-order valence-corrected chi connectivity index (χ2v) is 13.6. The van der Waals surface area contributed by atoms with E-state index in [0.29, 0.717) is 12.2 Å². The maximum atomic E-state index is 13.5. The highest BCUT2D eigenvalue weighted by molar-refractivity contribution is 5.89. The molecule has 0 amide bonds. The summed E-state index contributed by atoms with van der Waals surface area (Å²) in [6, 6.07) is 8.46. The van der Waals surface area contributed by atoms with Gasteiger partial charge in [-0.3, -0.25) is 0 Å². The summed E-state index contributed by atoms with van der Waals surface area (Å²) in [7, 11) is 8.65. The van der Waals surface area contributed by atoms with E-state index in [1.807, 2.05) is 6.07 Å². The summed E-state index contributed by atoms with van der Waals surface area (Å²) in [5.41, 5.74) is -3.95. The van der Waals surface area contributed by atoms with E-state index in [1.54, 1.807) is 45.6 Å². The molecule has 1 aliphatic heterocycles. The van der Waals surface area contributed by atoms with Gasteiger partial charge in [0.05, 0.1) is 24.4 Å². The first-order valence-corrected chi connectivity index (χ1v) is 14.8. The molecular formula is C31H43NO9. The summed E-state index contributed by atoms with van der Waals surface area (Å²) in [6.45, 7) is 1.29. The predicted molar refractivity (Wildman–Crippen MR) is 145 cm³/mol. The van der Waals surface area contributed by atoms with Crippen LogP contribution in [0.5, 0.6) is 0 Å². The Morgan fingerprint density at radius 1 is 1.02 bits per heavy atom. The van der Waals surface area contributed by atoms with E-state index >= 15 is 0 Å². The largest absolute Gasteiger partial charge is 0.455 e. The number of rotatable bonds is 7. The Hall–Kier alpha value is -1.63. The minimum absolute atomic E-state index is 0.0644. The average Bonchev–Trinajstić information content (AvgIpc) is 3.36. The average molecular weight is 574 g/mol. The molecule has 226 valence electrons. The molecule has 6 fully saturated rings. The Kier molecular flexibility index (Phi) is 6.31. The van der Waals surface area contributed by atoms with Gasteiger partial charge in [-0.2, -0.15) is 0 Å². The third-order valence-electron chi connectivity index (χ3n) is 12.5. The number of hydrogen-bond acceptors (Lipinski definition) is 10. The number of carbonyl (C=O) groups excluding carboxylic acids is 1. The van der Waals surface area contributed by atoms with Gasteiger partial charge in [-0.05, 0) is 44.4 Å². The van der Waals surface area contributed by atoms with Crippen molar-refractivity contribution in [3.8, 4) is 0 Å². The van der Waals surface area contributed by atoms with Crippen LogP contribution in [0.2, 0.25) is 0 Å². The number of fused-ring (bicyclic) bond motifs is 2. The molecule has 0 unspecified atom stereocenters. The fraction of sp³-hybridized carbons (Fsp3) is 0.774. The number of likely N-dealkylation sites (tertiary alicyclic amines) is 1. The fourth-order valence-electron chi connectivity index (χ4n) is 11.8. The Labute approximate surface area is 240 Å². The van der Waals surface area contributed by atoms with E-state index in [2.05, 4.69) is 11.9 Å². The number of piperidine rings is 1. The van der Waals surface area contributed by atoms with Gasteiger partial charge in [-0.15, -0.1) is 0 Å². The van der Waals surface area contributed by atoms with Gasteiger partial charge >= 0.3 is 5.97 Å². The fourth-order valence-corrected chi connectivity index (χ4v) is 11.8. The van der Waals surface area contributed by atoms with E-state index in [1.165, 1.54) is 7.11 Å². The molecular weight excluding hydrogens is 530 g/mol. The molecule has 1 aromatic carbocycles. The highest BCUT2D eigenvalue weighted by Crippen LogP contribution is 2.80. The molecule has 14 atom stereocenters. The van der Waals surface area contributed by atoms with Crippen molar-refractivity contribution in [2.24, 2.45) is 34.5 Å². The van der Waals surface area contributed by atoms with Crippen molar-refractivity contribution in [1.29, 1.82) is 0 Å². The van der Waals surface area contributed by atoms with Crippen molar-refractivity contribution in [2.75, 3.05) is 48.6 Å². The molecule has 1 heterocycles. The van der Waals surface area contributed by atoms with Crippen molar-refractivity contribution in [3.05, 3.63) is 35.9 Å². The van der Waals surface area contributed by atoms with E-state index in [9.17, 15) is 20.1 Å². The molecule has 1 spiro atoms. The molecule has 0 aromatic heterocycles. The molecule has 0 radical (unpaired) electrons. The summed E-state index contributed by atoms with van der Waals surface area (Å²) < 4.78 is 30.6. The maximum absolute atomic E-state index is 13.5. The van der Waals surface area contributed by atoms with Crippen molar-refractivity contribution < 1.29 is 43.8 Å². The zero-order valence-electron chi connectivity index (χ0n) is 24.4. The molecule has 3 N–H and O–H groups in total. The van der Waals surface area contributed by atoms with Crippen LogP contribution in [0.15, 0.2) is 30.3 Å². The normalized spacial score (nSPS) is 52.9. The van der Waals surface area contributed by atoms with Crippen LogP contribution in [0.25, 0.3) is 0 Å². The highest BCUT2D eigenvalue weighted by atomic mass is 16.6. The molecule has 41 heavy (non-hydrogen) atoms. The summed E-state index contributed by atoms with van der Waals surface area (Å²) in [4.78, 5) is 15.8. The lowest BCUT2D eigenvalue weighted by atomic mass is 9.43. The highest BCUT2D eigenvalue weighted by Gasteiger charge is 2.90. The third-order valence-corrected chi connectivity index (χ3v) is 12.5. The number of aliphatic hydroxyl groups excluding tert-OH is 1. The number of carbonyl (C=O) groups is 1. The summed E-state index contributed by atoms with van der Waals surface area (Å²) in [6.07, 6.45) is -2.45. The van der Waals surface area contributed by atoms with E-state index in [4.69, 9.17) is 23.7 Å². The lowest BCUT2D eigenvalue weighted by Crippen LogP contribution is -2.79. The number of methoxy groups -OCH3 is 4. The Balaban J connectivity index is 1.46. The predicted octanol–water partition coefficient (Wildman–Crippen LogP) is 0.716. The number of nitrogens with zero attached hydrogens (tertiary/aromatic N) is 1. The smallest absolute Gasteiger partial charge is 0.338 e. The number of hydrogen-bond donors (Lipinski definition) is 3. The molecule has 10 nitrogen and oxygen atoms in total. The SMILES string of the molecule is COC[C@@]12CC[C@H](OC)[C@@]34[C@@H]5C[C@@]6(O)[C@H](OC(=O)c7ccccc7)[C@@H]5[C@@](O)([C@@H]([C@H](OC)[C@H]13)[C@H]4N(C)C2)[C@@H](O)[C@@H]6OC. The lowest BCUT2D eigenvalue weighted by molar-refractivity contribution is -0.313. The molecule has 6 aliphatic rings. The number of benzene rings is 1. The Morgan fingerprint density at radius 3 is 2.39 bits per heavy atom. The first-order valence-electron chi connectivity index (χ1n) is 14.8. The summed E-state index contributed by atoms with van der Waals surface area (Å²) >= 11 is 0. The summed E-state index contributed by atoms with van der Waals surface area (Å²) in [5, 5.41) is 37.6. The van der Waals surface area contributed by atoms with Crippen LogP contribution in [0.3, 0.4) is 0 Å². The minimum atomic E-state index is -1.76. The Bertz CT molecular complexity index is 1200. The van der Waals surface area contributed by atoms with Crippen LogP contribution in [0.1, 0.15) is 29.6 Å². The second-order valence-electron chi connectivity index (χ2n) is 13.6. The number of ether oxygens (including phenoxy) is 5. The first kappa shape index (κ1) is 28.2.